The quantitative estimate of drug-likeness (QED) is 0.730. The summed E-state index contributed by atoms with van der Waals surface area (Å²) < 4.78 is 6.75. The fourth-order valence-corrected chi connectivity index (χ4v) is 1.18. The molecule has 0 amide bonds. The Hall–Kier alpha value is -1.13. The second-order valence-electron chi connectivity index (χ2n) is 3.13. The van der Waals surface area contributed by atoms with Gasteiger partial charge in [0, 0.05) is 24.5 Å². The van der Waals surface area contributed by atoms with Crippen LogP contribution >= 0.6 is 0 Å². The molecule has 1 aromatic rings. The summed E-state index contributed by atoms with van der Waals surface area (Å²) in [4.78, 5) is 0. The minimum Gasteiger partial charge on any atom is -0.378 e. The second-order valence-corrected chi connectivity index (χ2v) is 3.13. The lowest BCUT2D eigenvalue weighted by Gasteiger charge is -2.26. The van der Waals surface area contributed by atoms with E-state index in [1.807, 2.05) is 12.4 Å². The van der Waals surface area contributed by atoms with Crippen molar-refractivity contribution >= 4 is 6.20 Å². The van der Waals surface area contributed by atoms with Crippen molar-refractivity contribution in [1.82, 2.24) is 15.1 Å². The van der Waals surface area contributed by atoms with Gasteiger partial charge in [-0.15, -0.1) is 0 Å². The summed E-state index contributed by atoms with van der Waals surface area (Å²) in [6, 6.07) is 0.520. The number of hydrogen-bond acceptors (Lipinski definition) is 3. The first-order valence-corrected chi connectivity index (χ1v) is 4.35. The van der Waals surface area contributed by atoms with E-state index < -0.39 is 0 Å². The molecule has 0 unspecified atom stereocenters. The van der Waals surface area contributed by atoms with E-state index in [0.717, 1.165) is 19.8 Å². The van der Waals surface area contributed by atoms with E-state index in [2.05, 4.69) is 17.0 Å². The topological polar surface area (TPSA) is 39.1 Å². The Labute approximate surface area is 77.2 Å². The number of aromatic nitrogens is 2. The van der Waals surface area contributed by atoms with E-state index in [9.17, 15) is 0 Å². The molecule has 0 aliphatic carbocycles. The van der Waals surface area contributed by atoms with Gasteiger partial charge in [0.05, 0.1) is 25.5 Å². The highest BCUT2D eigenvalue weighted by Crippen LogP contribution is 2.02. The fraction of sp³-hybridized carbons (Fsp3) is 0.444. The largest absolute Gasteiger partial charge is 0.378 e. The number of nitrogens with zero attached hydrogens (tertiary/aromatic N) is 2. The van der Waals surface area contributed by atoms with Crippen LogP contribution in [-0.4, -0.2) is 29.0 Å². The van der Waals surface area contributed by atoms with Gasteiger partial charge in [-0.3, -0.25) is 0 Å². The van der Waals surface area contributed by atoms with Crippen LogP contribution in [0.3, 0.4) is 0 Å². The minimum absolute atomic E-state index is 0.520. The Morgan fingerprint density at radius 3 is 3.15 bits per heavy atom. The fourth-order valence-electron chi connectivity index (χ4n) is 1.18. The summed E-state index contributed by atoms with van der Waals surface area (Å²) in [5.74, 6) is 0. The first-order valence-electron chi connectivity index (χ1n) is 4.35. The van der Waals surface area contributed by atoms with Crippen LogP contribution in [0.1, 0.15) is 5.56 Å². The first kappa shape index (κ1) is 8.47. The summed E-state index contributed by atoms with van der Waals surface area (Å²) in [6.07, 6.45) is 5.48. The molecule has 0 saturated carbocycles. The minimum atomic E-state index is 0.520. The lowest BCUT2D eigenvalue weighted by Crippen LogP contribution is -2.45. The van der Waals surface area contributed by atoms with Crippen LogP contribution in [0.25, 0.3) is 6.20 Å². The van der Waals surface area contributed by atoms with Gasteiger partial charge in [0.15, 0.2) is 0 Å². The maximum atomic E-state index is 5.05. The SMILES string of the molecule is C=Cn1cc(CNC2COC2)cn1. The molecule has 1 aliphatic heterocycles. The van der Waals surface area contributed by atoms with Crippen molar-refractivity contribution in [1.29, 1.82) is 0 Å². The van der Waals surface area contributed by atoms with Gasteiger partial charge < -0.3 is 10.1 Å². The molecule has 1 aromatic heterocycles. The van der Waals surface area contributed by atoms with Crippen molar-refractivity contribution < 1.29 is 4.74 Å². The monoisotopic (exact) mass is 179 g/mol. The molecular weight excluding hydrogens is 166 g/mol. The van der Waals surface area contributed by atoms with Gasteiger partial charge in [-0.1, -0.05) is 6.58 Å². The van der Waals surface area contributed by atoms with Gasteiger partial charge in [-0.05, 0) is 0 Å². The predicted molar refractivity (Wildman–Crippen MR) is 50.1 cm³/mol. The van der Waals surface area contributed by atoms with Crippen LogP contribution in [0.2, 0.25) is 0 Å². The van der Waals surface area contributed by atoms with Gasteiger partial charge in [0.25, 0.3) is 0 Å². The number of nitrogens with one attached hydrogen (secondary N) is 1. The van der Waals surface area contributed by atoms with Crippen molar-refractivity contribution in [2.75, 3.05) is 13.2 Å². The summed E-state index contributed by atoms with van der Waals surface area (Å²) in [6.45, 7) is 6.13. The van der Waals surface area contributed by atoms with Crippen molar-refractivity contribution in [3.63, 3.8) is 0 Å². The summed E-state index contributed by atoms with van der Waals surface area (Å²) in [7, 11) is 0. The molecule has 4 nitrogen and oxygen atoms in total. The zero-order chi connectivity index (χ0) is 9.10. The molecule has 1 saturated heterocycles. The Morgan fingerprint density at radius 2 is 2.62 bits per heavy atom. The molecular formula is C9H13N3O. The average Bonchev–Trinajstić information content (AvgIpc) is 2.49. The van der Waals surface area contributed by atoms with Gasteiger partial charge in [-0.2, -0.15) is 5.10 Å². The smallest absolute Gasteiger partial charge is 0.0643 e. The maximum Gasteiger partial charge on any atom is 0.0643 e. The van der Waals surface area contributed by atoms with Gasteiger partial charge in [0.2, 0.25) is 0 Å². The molecule has 0 atom stereocenters. The van der Waals surface area contributed by atoms with Gasteiger partial charge >= 0.3 is 0 Å². The van der Waals surface area contributed by atoms with Crippen molar-refractivity contribution in [3.8, 4) is 0 Å². The van der Waals surface area contributed by atoms with E-state index in [4.69, 9.17) is 4.74 Å². The van der Waals surface area contributed by atoms with Crippen molar-refractivity contribution in [2.24, 2.45) is 0 Å². The average molecular weight is 179 g/mol. The Morgan fingerprint density at radius 1 is 1.77 bits per heavy atom. The third-order valence-electron chi connectivity index (χ3n) is 2.07. The Bertz CT molecular complexity index is 291. The maximum absolute atomic E-state index is 5.05. The molecule has 1 N–H and O–H groups in total. The summed E-state index contributed by atoms with van der Waals surface area (Å²) in [5.41, 5.74) is 1.17. The molecule has 2 rings (SSSR count). The molecule has 1 fully saturated rings. The standard InChI is InChI=1S/C9H13N3O/c1-2-12-5-8(4-11-12)3-10-9-6-13-7-9/h2,4-5,9-10H,1,3,6-7H2. The van der Waals surface area contributed by atoms with Crippen LogP contribution < -0.4 is 5.32 Å². The molecule has 13 heavy (non-hydrogen) atoms. The molecule has 0 bridgehead atoms. The number of hydrogen-bond donors (Lipinski definition) is 1. The molecule has 0 spiro atoms. The predicted octanol–water partition coefficient (Wildman–Crippen LogP) is 0.472. The highest BCUT2D eigenvalue weighted by Gasteiger charge is 2.16. The van der Waals surface area contributed by atoms with Gasteiger partial charge in [0.1, 0.15) is 0 Å². The Kier molecular flexibility index (Phi) is 2.42. The Balaban J connectivity index is 1.82. The first-order chi connectivity index (χ1) is 6.38. The third-order valence-corrected chi connectivity index (χ3v) is 2.07. The lowest BCUT2D eigenvalue weighted by molar-refractivity contribution is -0.00578. The van der Waals surface area contributed by atoms with Crippen LogP contribution in [-0.2, 0) is 11.3 Å². The molecule has 1 aliphatic rings. The van der Waals surface area contributed by atoms with Crippen LogP contribution in [0.15, 0.2) is 19.0 Å². The van der Waals surface area contributed by atoms with E-state index in [1.54, 1.807) is 10.9 Å². The normalized spacial score (nSPS) is 16.9. The number of rotatable bonds is 4. The summed E-state index contributed by atoms with van der Waals surface area (Å²) >= 11 is 0. The third kappa shape index (κ3) is 1.96. The van der Waals surface area contributed by atoms with E-state index >= 15 is 0 Å². The van der Waals surface area contributed by atoms with Crippen molar-refractivity contribution in [3.05, 3.63) is 24.5 Å². The molecule has 0 aromatic carbocycles. The zero-order valence-corrected chi connectivity index (χ0v) is 7.44. The zero-order valence-electron chi connectivity index (χ0n) is 7.44. The van der Waals surface area contributed by atoms with Crippen LogP contribution in [0, 0.1) is 0 Å². The van der Waals surface area contributed by atoms with Crippen LogP contribution in [0.5, 0.6) is 0 Å². The molecule has 70 valence electrons. The molecule has 2 heterocycles. The van der Waals surface area contributed by atoms with Gasteiger partial charge in [-0.25, -0.2) is 4.68 Å². The van der Waals surface area contributed by atoms with E-state index in [0.29, 0.717) is 6.04 Å². The van der Waals surface area contributed by atoms with Crippen molar-refractivity contribution in [2.45, 2.75) is 12.6 Å². The van der Waals surface area contributed by atoms with E-state index in [-0.39, 0.29) is 0 Å². The summed E-state index contributed by atoms with van der Waals surface area (Å²) in [5, 5.41) is 7.44. The molecule has 0 radical (unpaired) electrons. The van der Waals surface area contributed by atoms with E-state index in [1.165, 1.54) is 5.56 Å². The highest BCUT2D eigenvalue weighted by atomic mass is 16.5. The molecule has 4 heteroatoms. The second kappa shape index (κ2) is 3.72. The lowest BCUT2D eigenvalue weighted by atomic mass is 10.2. The highest BCUT2D eigenvalue weighted by molar-refractivity contribution is 5.17. The van der Waals surface area contributed by atoms with Crippen LogP contribution in [0.4, 0.5) is 0 Å². The number of ether oxygens (including phenoxy) is 1.